The summed E-state index contributed by atoms with van der Waals surface area (Å²) < 4.78 is 2.27. The quantitative estimate of drug-likeness (QED) is 0.157. The van der Waals surface area contributed by atoms with Crippen LogP contribution in [0, 0.1) is 11.3 Å². The molecule has 0 atom stereocenters. The van der Waals surface area contributed by atoms with E-state index in [1.54, 1.807) is 0 Å². The summed E-state index contributed by atoms with van der Waals surface area (Å²) in [6, 6.07) is 77.2. The van der Waals surface area contributed by atoms with Gasteiger partial charge in [0.1, 0.15) is 0 Å². The molecule has 5 heteroatoms. The van der Waals surface area contributed by atoms with Crippen molar-refractivity contribution in [2.24, 2.45) is 0 Å². The number of rotatable bonds is 6. The summed E-state index contributed by atoms with van der Waals surface area (Å²) >= 11 is 0. The van der Waals surface area contributed by atoms with Gasteiger partial charge < -0.3 is 4.57 Å². The average molecular weight is 826 g/mol. The highest BCUT2D eigenvalue weighted by Crippen LogP contribution is 2.43. The second-order valence-corrected chi connectivity index (χ2v) is 16.7. The summed E-state index contributed by atoms with van der Waals surface area (Å²) in [5, 5.41) is 21.6. The lowest BCUT2D eigenvalue weighted by molar-refractivity contribution is 1.08. The van der Waals surface area contributed by atoms with Gasteiger partial charge in [-0.15, -0.1) is 0 Å². The molecule has 13 aromatic rings. The molecule has 0 aliphatic carbocycles. The Bertz CT molecular complexity index is 4000. The molecule has 0 saturated carbocycles. The number of fused-ring (bicyclic) bond motifs is 4. The van der Waals surface area contributed by atoms with E-state index in [4.69, 9.17) is 15.0 Å². The van der Waals surface area contributed by atoms with Gasteiger partial charge in [-0.25, -0.2) is 15.0 Å². The maximum absolute atomic E-state index is 9.75. The van der Waals surface area contributed by atoms with Crippen molar-refractivity contribution >= 4 is 64.9 Å². The zero-order valence-corrected chi connectivity index (χ0v) is 34.9. The van der Waals surface area contributed by atoms with Crippen molar-refractivity contribution in [3.63, 3.8) is 0 Å². The predicted molar refractivity (Wildman–Crippen MR) is 267 cm³/mol. The molecule has 300 valence electrons. The van der Waals surface area contributed by atoms with E-state index in [-0.39, 0.29) is 0 Å². The fraction of sp³-hybridized carbons (Fsp3) is 0. The maximum Gasteiger partial charge on any atom is 0.164 e. The van der Waals surface area contributed by atoms with Gasteiger partial charge in [0.15, 0.2) is 17.5 Å². The van der Waals surface area contributed by atoms with Gasteiger partial charge in [-0.3, -0.25) is 0 Å². The van der Waals surface area contributed by atoms with Crippen LogP contribution in [-0.2, 0) is 0 Å². The maximum atomic E-state index is 9.75. The second kappa shape index (κ2) is 14.6. The van der Waals surface area contributed by atoms with Crippen LogP contribution in [0.2, 0.25) is 0 Å². The van der Waals surface area contributed by atoms with Gasteiger partial charge in [0.05, 0.1) is 22.7 Å². The second-order valence-electron chi connectivity index (χ2n) is 16.7. The van der Waals surface area contributed by atoms with Gasteiger partial charge in [0.25, 0.3) is 0 Å². The predicted octanol–water partition coefficient (Wildman–Crippen LogP) is 15.2. The van der Waals surface area contributed by atoms with Crippen LogP contribution in [0.1, 0.15) is 5.56 Å². The molecule has 0 spiro atoms. The Morgan fingerprint density at radius 3 is 1.45 bits per heavy atom. The van der Waals surface area contributed by atoms with Gasteiger partial charge >= 0.3 is 0 Å². The van der Waals surface area contributed by atoms with E-state index < -0.39 is 0 Å². The smallest absolute Gasteiger partial charge is 0.164 e. The molecule has 0 aliphatic rings. The zero-order chi connectivity index (χ0) is 43.0. The third-order valence-corrected chi connectivity index (χ3v) is 13.0. The molecule has 0 N–H and O–H groups in total. The first-order valence-corrected chi connectivity index (χ1v) is 21.8. The molecule has 13 rings (SSSR count). The normalized spacial score (nSPS) is 11.7. The fourth-order valence-corrected chi connectivity index (χ4v) is 9.89. The summed E-state index contributed by atoms with van der Waals surface area (Å²) in [6.07, 6.45) is 0. The topological polar surface area (TPSA) is 67.4 Å². The molecular formula is C60H35N5. The van der Waals surface area contributed by atoms with Crippen LogP contribution in [0.25, 0.3) is 127 Å². The van der Waals surface area contributed by atoms with Gasteiger partial charge in [0, 0.05) is 33.2 Å². The van der Waals surface area contributed by atoms with Crippen molar-refractivity contribution in [3.05, 3.63) is 218 Å². The Balaban J connectivity index is 0.914. The standard InChI is InChI=1S/C60H35N5/c61-36-37-16-26-49-50-28-25-45(35-55(50)65(54(49)32-37)47-14-8-3-9-15-47)43-17-18-44-34-46(20-19-42(44)33-43)48-27-21-38-23-30-52-53(31-24-39-22-29-51(48)56(38)57(39)52)60-63-58(40-10-4-1-5-11-40)62-59(64-60)41-12-6-2-7-13-41/h1-35H. The van der Waals surface area contributed by atoms with Gasteiger partial charge in [-0.1, -0.05) is 164 Å². The van der Waals surface area contributed by atoms with E-state index >= 15 is 0 Å². The lowest BCUT2D eigenvalue weighted by Gasteiger charge is -2.17. The van der Waals surface area contributed by atoms with E-state index in [1.807, 2.05) is 78.9 Å². The SMILES string of the molecule is N#Cc1ccc2c3ccc(-c4ccc5cc(-c6ccc7ccc8c(-c9nc(-c%10ccccc%10)nc(-c%10ccccc%10)n9)ccc9ccc6c7c98)ccc5c4)cc3n(-c3ccccc3)c2c1. The first-order valence-electron chi connectivity index (χ1n) is 21.8. The number of hydrogen-bond acceptors (Lipinski definition) is 4. The highest BCUT2D eigenvalue weighted by atomic mass is 15.0. The molecule has 2 heterocycles. The summed E-state index contributed by atoms with van der Waals surface area (Å²) in [5.41, 5.74) is 11.4. The third-order valence-electron chi connectivity index (χ3n) is 13.0. The largest absolute Gasteiger partial charge is 0.309 e. The van der Waals surface area contributed by atoms with E-state index in [1.165, 1.54) is 48.8 Å². The summed E-state index contributed by atoms with van der Waals surface area (Å²) in [6.45, 7) is 0. The van der Waals surface area contributed by atoms with Crippen molar-refractivity contribution in [2.75, 3.05) is 0 Å². The Morgan fingerprint density at radius 1 is 0.338 bits per heavy atom. The molecule has 2 aromatic heterocycles. The number of nitriles is 1. The molecule has 65 heavy (non-hydrogen) atoms. The summed E-state index contributed by atoms with van der Waals surface area (Å²) in [5.74, 6) is 1.95. The van der Waals surface area contributed by atoms with Gasteiger partial charge in [-0.2, -0.15) is 5.26 Å². The fourth-order valence-electron chi connectivity index (χ4n) is 9.89. The van der Waals surface area contributed by atoms with Crippen LogP contribution in [-0.4, -0.2) is 19.5 Å². The molecule has 0 bridgehead atoms. The minimum absolute atomic E-state index is 0.648. The van der Waals surface area contributed by atoms with E-state index in [9.17, 15) is 5.26 Å². The summed E-state index contributed by atoms with van der Waals surface area (Å²) in [4.78, 5) is 15.2. The monoisotopic (exact) mass is 825 g/mol. The summed E-state index contributed by atoms with van der Waals surface area (Å²) in [7, 11) is 0. The van der Waals surface area contributed by atoms with Crippen molar-refractivity contribution in [1.29, 1.82) is 5.26 Å². The Labute approximate surface area is 374 Å². The molecule has 0 radical (unpaired) electrons. The van der Waals surface area contributed by atoms with Crippen molar-refractivity contribution in [3.8, 4) is 68.2 Å². The van der Waals surface area contributed by atoms with Gasteiger partial charge in [0.2, 0.25) is 0 Å². The molecule has 5 nitrogen and oxygen atoms in total. The highest BCUT2D eigenvalue weighted by molar-refractivity contribution is 6.27. The van der Waals surface area contributed by atoms with Crippen LogP contribution in [0.4, 0.5) is 0 Å². The molecule has 0 saturated heterocycles. The van der Waals surface area contributed by atoms with Crippen LogP contribution in [0.15, 0.2) is 212 Å². The zero-order valence-electron chi connectivity index (χ0n) is 34.9. The Hall–Kier alpha value is -8.98. The number of benzene rings is 11. The number of hydrogen-bond donors (Lipinski definition) is 0. The Kier molecular flexibility index (Phi) is 8.21. The van der Waals surface area contributed by atoms with Crippen molar-refractivity contribution < 1.29 is 0 Å². The molecule has 0 fully saturated rings. The number of nitrogens with zero attached hydrogens (tertiary/aromatic N) is 5. The highest BCUT2D eigenvalue weighted by Gasteiger charge is 2.19. The molecule has 11 aromatic carbocycles. The van der Waals surface area contributed by atoms with Gasteiger partial charge in [-0.05, 0) is 114 Å². The van der Waals surface area contributed by atoms with E-state index in [0.29, 0.717) is 23.0 Å². The average Bonchev–Trinajstić information content (AvgIpc) is 3.71. The lowest BCUT2D eigenvalue weighted by atomic mass is 9.88. The first-order chi connectivity index (χ1) is 32.1. The molecule has 0 unspecified atom stereocenters. The minimum atomic E-state index is 0.648. The van der Waals surface area contributed by atoms with Crippen LogP contribution in [0.5, 0.6) is 0 Å². The van der Waals surface area contributed by atoms with Crippen molar-refractivity contribution in [2.45, 2.75) is 0 Å². The van der Waals surface area contributed by atoms with E-state index in [0.717, 1.165) is 60.7 Å². The molecular weight excluding hydrogens is 791 g/mol. The minimum Gasteiger partial charge on any atom is -0.309 e. The van der Waals surface area contributed by atoms with E-state index in [2.05, 4.69) is 144 Å². The van der Waals surface area contributed by atoms with Crippen LogP contribution >= 0.6 is 0 Å². The molecule has 0 aliphatic heterocycles. The first kappa shape index (κ1) is 36.7. The number of aromatic nitrogens is 4. The lowest BCUT2D eigenvalue weighted by Crippen LogP contribution is -2.00. The van der Waals surface area contributed by atoms with Crippen LogP contribution < -0.4 is 0 Å². The molecule has 0 amide bonds. The van der Waals surface area contributed by atoms with Crippen molar-refractivity contribution in [1.82, 2.24) is 19.5 Å². The third kappa shape index (κ3) is 5.97. The Morgan fingerprint density at radius 2 is 0.800 bits per heavy atom. The van der Waals surface area contributed by atoms with Crippen LogP contribution in [0.3, 0.4) is 0 Å². The number of para-hydroxylation sites is 1.